The topological polar surface area (TPSA) is 12.0 Å². The van der Waals surface area contributed by atoms with E-state index in [1.165, 1.54) is 5.56 Å². The molecule has 0 saturated carbocycles. The molecule has 0 amide bonds. The molecule has 0 aromatic heterocycles. The molecule has 0 spiro atoms. The molecule has 0 atom stereocenters. The molecule has 0 aliphatic heterocycles. The molecule has 1 nitrogen and oxygen atoms in total. The van der Waals surface area contributed by atoms with Crippen molar-refractivity contribution in [3.8, 4) is 0 Å². The summed E-state index contributed by atoms with van der Waals surface area (Å²) in [5, 5.41) is 5.00. The standard InChI is InChI=1S/C16H25Cl2N/c1-15(2,3)19-9-8-16(4,5)11-12-6-7-13(17)10-14(12)18/h6-7,10,19H,8-9,11H2,1-5H3. The second-order valence-electron chi connectivity index (χ2n) is 7.00. The van der Waals surface area contributed by atoms with Gasteiger partial charge in [0.25, 0.3) is 0 Å². The Hall–Kier alpha value is -0.240. The van der Waals surface area contributed by atoms with Crippen LogP contribution in [0.5, 0.6) is 0 Å². The Balaban J connectivity index is 2.58. The van der Waals surface area contributed by atoms with Gasteiger partial charge in [-0.1, -0.05) is 43.1 Å². The lowest BCUT2D eigenvalue weighted by molar-refractivity contribution is 0.302. The fraction of sp³-hybridized carbons (Fsp3) is 0.625. The van der Waals surface area contributed by atoms with Crippen LogP contribution >= 0.6 is 23.2 Å². The highest BCUT2D eigenvalue weighted by Crippen LogP contribution is 2.30. The Labute approximate surface area is 127 Å². The molecule has 0 radical (unpaired) electrons. The van der Waals surface area contributed by atoms with E-state index in [1.54, 1.807) is 0 Å². The third kappa shape index (κ3) is 6.65. The number of rotatable bonds is 5. The first-order chi connectivity index (χ1) is 8.59. The summed E-state index contributed by atoms with van der Waals surface area (Å²) in [7, 11) is 0. The zero-order valence-electron chi connectivity index (χ0n) is 12.6. The molecule has 1 N–H and O–H groups in total. The number of hydrogen-bond acceptors (Lipinski definition) is 1. The molecule has 108 valence electrons. The fourth-order valence-electron chi connectivity index (χ4n) is 2.04. The highest BCUT2D eigenvalue weighted by Gasteiger charge is 2.20. The maximum absolute atomic E-state index is 6.24. The van der Waals surface area contributed by atoms with Gasteiger partial charge in [-0.3, -0.25) is 0 Å². The molecule has 0 fully saturated rings. The lowest BCUT2D eigenvalue weighted by Crippen LogP contribution is -2.38. The molecule has 1 aromatic carbocycles. The van der Waals surface area contributed by atoms with Gasteiger partial charge < -0.3 is 5.32 Å². The summed E-state index contributed by atoms with van der Waals surface area (Å²) in [6.07, 6.45) is 2.08. The van der Waals surface area contributed by atoms with E-state index in [9.17, 15) is 0 Å². The van der Waals surface area contributed by atoms with Crippen LogP contribution in [-0.4, -0.2) is 12.1 Å². The van der Waals surface area contributed by atoms with E-state index in [-0.39, 0.29) is 11.0 Å². The Kier molecular flexibility index (Phi) is 5.73. The van der Waals surface area contributed by atoms with Crippen LogP contribution in [0.2, 0.25) is 10.0 Å². The van der Waals surface area contributed by atoms with Crippen LogP contribution in [0.1, 0.15) is 46.6 Å². The van der Waals surface area contributed by atoms with Crippen molar-refractivity contribution in [1.29, 1.82) is 0 Å². The smallest absolute Gasteiger partial charge is 0.0453 e. The Morgan fingerprint density at radius 3 is 2.21 bits per heavy atom. The van der Waals surface area contributed by atoms with E-state index in [0.29, 0.717) is 5.02 Å². The van der Waals surface area contributed by atoms with Crippen LogP contribution in [0.3, 0.4) is 0 Å². The monoisotopic (exact) mass is 301 g/mol. The quantitative estimate of drug-likeness (QED) is 0.774. The van der Waals surface area contributed by atoms with Crippen LogP contribution in [0.4, 0.5) is 0 Å². The first kappa shape index (κ1) is 16.8. The lowest BCUT2D eigenvalue weighted by atomic mass is 9.82. The molecule has 0 heterocycles. The van der Waals surface area contributed by atoms with E-state index in [0.717, 1.165) is 24.4 Å². The summed E-state index contributed by atoms with van der Waals surface area (Å²) in [5.41, 5.74) is 1.57. The predicted octanol–water partition coefficient (Wildman–Crippen LogP) is 5.34. The van der Waals surface area contributed by atoms with Gasteiger partial charge in [0.2, 0.25) is 0 Å². The van der Waals surface area contributed by atoms with Crippen LogP contribution in [0.25, 0.3) is 0 Å². The predicted molar refractivity (Wildman–Crippen MR) is 86.3 cm³/mol. The number of benzene rings is 1. The van der Waals surface area contributed by atoms with Crippen LogP contribution in [0.15, 0.2) is 18.2 Å². The Morgan fingerprint density at radius 2 is 1.68 bits per heavy atom. The van der Waals surface area contributed by atoms with E-state index in [4.69, 9.17) is 23.2 Å². The average molecular weight is 302 g/mol. The fourth-order valence-corrected chi connectivity index (χ4v) is 2.52. The van der Waals surface area contributed by atoms with Crippen molar-refractivity contribution in [2.75, 3.05) is 6.54 Å². The summed E-state index contributed by atoms with van der Waals surface area (Å²) >= 11 is 12.2. The molecule has 0 aliphatic rings. The van der Waals surface area contributed by atoms with E-state index in [1.807, 2.05) is 18.2 Å². The van der Waals surface area contributed by atoms with Crippen LogP contribution < -0.4 is 5.32 Å². The van der Waals surface area contributed by atoms with Crippen molar-refractivity contribution < 1.29 is 0 Å². The maximum Gasteiger partial charge on any atom is 0.0453 e. The van der Waals surface area contributed by atoms with Gasteiger partial charge in [0, 0.05) is 15.6 Å². The minimum Gasteiger partial charge on any atom is -0.312 e. The summed E-state index contributed by atoms with van der Waals surface area (Å²) in [4.78, 5) is 0. The van der Waals surface area contributed by atoms with Crippen molar-refractivity contribution in [3.05, 3.63) is 33.8 Å². The van der Waals surface area contributed by atoms with E-state index < -0.39 is 0 Å². The van der Waals surface area contributed by atoms with Gasteiger partial charge in [0.15, 0.2) is 0 Å². The van der Waals surface area contributed by atoms with Crippen molar-refractivity contribution in [1.82, 2.24) is 5.32 Å². The maximum atomic E-state index is 6.24. The van der Waals surface area contributed by atoms with Crippen molar-refractivity contribution in [2.45, 2.75) is 53.0 Å². The molecular formula is C16H25Cl2N. The molecular weight excluding hydrogens is 277 g/mol. The minimum atomic E-state index is 0.175. The second kappa shape index (κ2) is 6.47. The van der Waals surface area contributed by atoms with Crippen molar-refractivity contribution in [3.63, 3.8) is 0 Å². The third-order valence-electron chi connectivity index (χ3n) is 3.14. The Bertz CT molecular complexity index is 419. The highest BCUT2D eigenvalue weighted by molar-refractivity contribution is 6.35. The van der Waals surface area contributed by atoms with Crippen molar-refractivity contribution in [2.24, 2.45) is 5.41 Å². The van der Waals surface area contributed by atoms with Crippen LogP contribution in [0, 0.1) is 5.41 Å². The van der Waals surface area contributed by atoms with Gasteiger partial charge in [-0.15, -0.1) is 0 Å². The lowest BCUT2D eigenvalue weighted by Gasteiger charge is -2.28. The summed E-state index contributed by atoms with van der Waals surface area (Å²) in [6, 6.07) is 5.76. The number of nitrogens with one attached hydrogen (secondary N) is 1. The average Bonchev–Trinajstić information content (AvgIpc) is 2.20. The van der Waals surface area contributed by atoms with E-state index >= 15 is 0 Å². The molecule has 0 unspecified atom stereocenters. The van der Waals surface area contributed by atoms with Gasteiger partial charge in [-0.2, -0.15) is 0 Å². The first-order valence-corrected chi connectivity index (χ1v) is 7.54. The normalized spacial score (nSPS) is 12.8. The minimum absolute atomic E-state index is 0.175. The first-order valence-electron chi connectivity index (χ1n) is 6.78. The van der Waals surface area contributed by atoms with Crippen molar-refractivity contribution >= 4 is 23.2 Å². The van der Waals surface area contributed by atoms with Gasteiger partial charge >= 0.3 is 0 Å². The summed E-state index contributed by atoms with van der Waals surface area (Å²) in [6.45, 7) is 12.1. The molecule has 3 heteroatoms. The largest absolute Gasteiger partial charge is 0.312 e. The molecule has 0 saturated heterocycles. The number of hydrogen-bond donors (Lipinski definition) is 1. The van der Waals surface area contributed by atoms with Gasteiger partial charge in [0.05, 0.1) is 0 Å². The molecule has 0 aliphatic carbocycles. The SMILES string of the molecule is CC(C)(CCNC(C)(C)C)Cc1ccc(Cl)cc1Cl. The second-order valence-corrected chi connectivity index (χ2v) is 7.85. The highest BCUT2D eigenvalue weighted by atomic mass is 35.5. The number of halogens is 2. The molecule has 19 heavy (non-hydrogen) atoms. The molecule has 0 bridgehead atoms. The molecule has 1 aromatic rings. The van der Waals surface area contributed by atoms with Gasteiger partial charge in [-0.05, 0) is 63.3 Å². The van der Waals surface area contributed by atoms with Crippen LogP contribution in [-0.2, 0) is 6.42 Å². The van der Waals surface area contributed by atoms with Gasteiger partial charge in [0.1, 0.15) is 0 Å². The third-order valence-corrected chi connectivity index (χ3v) is 3.73. The zero-order chi connectivity index (χ0) is 14.7. The van der Waals surface area contributed by atoms with Gasteiger partial charge in [-0.25, -0.2) is 0 Å². The summed E-state index contributed by atoms with van der Waals surface area (Å²) in [5.74, 6) is 0. The molecule has 1 rings (SSSR count). The Morgan fingerprint density at radius 1 is 1.05 bits per heavy atom. The zero-order valence-corrected chi connectivity index (χ0v) is 14.1. The van der Waals surface area contributed by atoms with E-state index in [2.05, 4.69) is 39.9 Å². The summed E-state index contributed by atoms with van der Waals surface area (Å²) < 4.78 is 0.